The smallest absolute Gasteiger partial charge is 0.126 e. The van der Waals surface area contributed by atoms with Crippen molar-refractivity contribution in [1.82, 2.24) is 5.32 Å². The van der Waals surface area contributed by atoms with Crippen molar-refractivity contribution < 1.29 is 4.74 Å². The van der Waals surface area contributed by atoms with Gasteiger partial charge in [-0.15, -0.1) is 0 Å². The minimum atomic E-state index is 0.390. The van der Waals surface area contributed by atoms with Crippen molar-refractivity contribution in [2.24, 2.45) is 5.92 Å². The lowest BCUT2D eigenvalue weighted by Gasteiger charge is -2.26. The predicted molar refractivity (Wildman–Crippen MR) is 86.4 cm³/mol. The van der Waals surface area contributed by atoms with E-state index in [-0.39, 0.29) is 0 Å². The first kappa shape index (κ1) is 14.9. The highest BCUT2D eigenvalue weighted by Gasteiger charge is 2.19. The topological polar surface area (TPSA) is 21.3 Å². The molecule has 108 valence electrons. The number of benzene rings is 2. The number of methoxy groups -OCH3 is 1. The second kappa shape index (κ2) is 6.76. The molecule has 0 saturated carbocycles. The lowest BCUT2D eigenvalue weighted by Crippen LogP contribution is -2.26. The van der Waals surface area contributed by atoms with Crippen molar-refractivity contribution >= 4 is 10.8 Å². The Hall–Kier alpha value is -1.54. The number of rotatable bonds is 6. The average Bonchev–Trinajstić information content (AvgIpc) is 2.51. The van der Waals surface area contributed by atoms with E-state index < -0.39 is 0 Å². The molecule has 0 aliphatic rings. The third kappa shape index (κ3) is 2.80. The van der Waals surface area contributed by atoms with Crippen molar-refractivity contribution in [3.05, 3.63) is 42.0 Å². The van der Waals surface area contributed by atoms with E-state index in [1.165, 1.54) is 16.3 Å². The van der Waals surface area contributed by atoms with Crippen molar-refractivity contribution in [2.75, 3.05) is 13.7 Å². The van der Waals surface area contributed by atoms with Gasteiger partial charge in [0, 0.05) is 11.4 Å². The molecule has 0 saturated heterocycles. The fraction of sp³-hybridized carbons (Fsp3) is 0.444. The number of nitrogens with one attached hydrogen (secondary N) is 1. The zero-order chi connectivity index (χ0) is 14.5. The Morgan fingerprint density at radius 2 is 1.75 bits per heavy atom. The van der Waals surface area contributed by atoms with E-state index in [0.717, 1.165) is 18.7 Å². The van der Waals surface area contributed by atoms with Gasteiger partial charge in [0.1, 0.15) is 5.75 Å². The van der Waals surface area contributed by atoms with E-state index in [9.17, 15) is 0 Å². The van der Waals surface area contributed by atoms with E-state index in [4.69, 9.17) is 4.74 Å². The molecule has 0 spiro atoms. The Bertz CT molecular complexity index is 564. The highest BCUT2D eigenvalue weighted by Crippen LogP contribution is 2.34. The summed E-state index contributed by atoms with van der Waals surface area (Å²) in [5.41, 5.74) is 1.37. The average molecular weight is 271 g/mol. The second-order valence-electron chi connectivity index (χ2n) is 5.32. The second-order valence-corrected chi connectivity index (χ2v) is 5.32. The molecule has 2 rings (SSSR count). The predicted octanol–water partition coefficient (Wildman–Crippen LogP) is 4.55. The largest absolute Gasteiger partial charge is 0.496 e. The summed E-state index contributed by atoms with van der Waals surface area (Å²) >= 11 is 0. The molecule has 0 amide bonds. The summed E-state index contributed by atoms with van der Waals surface area (Å²) in [6, 6.07) is 13.2. The third-order valence-electron chi connectivity index (χ3n) is 4.11. The zero-order valence-electron chi connectivity index (χ0n) is 12.9. The van der Waals surface area contributed by atoms with E-state index in [0.29, 0.717) is 12.0 Å². The van der Waals surface area contributed by atoms with Gasteiger partial charge in [0.25, 0.3) is 0 Å². The first-order chi connectivity index (χ1) is 9.72. The maximum Gasteiger partial charge on any atom is 0.126 e. The van der Waals surface area contributed by atoms with Gasteiger partial charge in [0.2, 0.25) is 0 Å². The van der Waals surface area contributed by atoms with E-state index >= 15 is 0 Å². The van der Waals surface area contributed by atoms with Crippen molar-refractivity contribution in [1.29, 1.82) is 0 Å². The molecule has 2 atom stereocenters. The molecule has 0 fully saturated rings. The van der Waals surface area contributed by atoms with Crippen LogP contribution in [0.1, 0.15) is 38.8 Å². The van der Waals surface area contributed by atoms with Gasteiger partial charge in [-0.2, -0.15) is 0 Å². The van der Waals surface area contributed by atoms with Crippen LogP contribution in [0.5, 0.6) is 5.75 Å². The first-order valence-electron chi connectivity index (χ1n) is 7.51. The van der Waals surface area contributed by atoms with E-state index in [2.05, 4.69) is 62.5 Å². The molecule has 0 aliphatic heterocycles. The Morgan fingerprint density at radius 1 is 1.05 bits per heavy atom. The minimum absolute atomic E-state index is 0.390. The fourth-order valence-electron chi connectivity index (χ4n) is 2.82. The summed E-state index contributed by atoms with van der Waals surface area (Å²) < 4.78 is 5.49. The summed E-state index contributed by atoms with van der Waals surface area (Å²) in [5.74, 6) is 1.55. The maximum atomic E-state index is 5.49. The van der Waals surface area contributed by atoms with Gasteiger partial charge in [0.05, 0.1) is 7.11 Å². The van der Waals surface area contributed by atoms with Crippen LogP contribution in [0.2, 0.25) is 0 Å². The number of fused-ring (bicyclic) bond motifs is 1. The van der Waals surface area contributed by atoms with Crippen LogP contribution >= 0.6 is 0 Å². The standard InChI is InChI=1S/C18H25NO/c1-5-13(3)18(19-6-2)16-11-12-17(20-4)15-10-8-7-9-14(15)16/h7-13,18-19H,5-6H2,1-4H3. The van der Waals surface area contributed by atoms with Gasteiger partial charge in [-0.1, -0.05) is 57.5 Å². The Kier molecular flexibility index (Phi) is 5.02. The van der Waals surface area contributed by atoms with Crippen LogP contribution in [0.4, 0.5) is 0 Å². The van der Waals surface area contributed by atoms with Crippen LogP contribution < -0.4 is 10.1 Å². The summed E-state index contributed by atoms with van der Waals surface area (Å²) in [5, 5.41) is 6.12. The van der Waals surface area contributed by atoms with Crippen molar-refractivity contribution in [2.45, 2.75) is 33.2 Å². The van der Waals surface area contributed by atoms with Gasteiger partial charge in [0.15, 0.2) is 0 Å². The molecule has 1 N–H and O–H groups in total. The first-order valence-corrected chi connectivity index (χ1v) is 7.51. The molecule has 0 aliphatic carbocycles. The molecule has 0 heterocycles. The molecule has 2 aromatic rings. The highest BCUT2D eigenvalue weighted by molar-refractivity contribution is 5.91. The minimum Gasteiger partial charge on any atom is -0.496 e. The molecule has 2 unspecified atom stereocenters. The van der Waals surface area contributed by atoms with Gasteiger partial charge >= 0.3 is 0 Å². The van der Waals surface area contributed by atoms with E-state index in [1.807, 2.05) is 0 Å². The van der Waals surface area contributed by atoms with Crippen LogP contribution in [0, 0.1) is 5.92 Å². The molecular weight excluding hydrogens is 246 g/mol. The van der Waals surface area contributed by atoms with Crippen molar-refractivity contribution in [3.63, 3.8) is 0 Å². The summed E-state index contributed by atoms with van der Waals surface area (Å²) in [6.45, 7) is 7.71. The number of hydrogen-bond donors (Lipinski definition) is 1. The molecule has 20 heavy (non-hydrogen) atoms. The summed E-state index contributed by atoms with van der Waals surface area (Å²) in [4.78, 5) is 0. The molecular formula is C18H25NO. The van der Waals surface area contributed by atoms with Gasteiger partial charge in [-0.05, 0) is 29.5 Å². The summed E-state index contributed by atoms with van der Waals surface area (Å²) in [6.07, 6.45) is 1.16. The van der Waals surface area contributed by atoms with Gasteiger partial charge in [-0.3, -0.25) is 0 Å². The Labute approximate surface area is 122 Å². The number of ether oxygens (including phenoxy) is 1. The molecule has 0 radical (unpaired) electrons. The van der Waals surface area contributed by atoms with Crippen LogP contribution in [-0.2, 0) is 0 Å². The molecule has 2 heteroatoms. The Morgan fingerprint density at radius 3 is 2.35 bits per heavy atom. The Balaban J connectivity index is 2.58. The molecule has 0 bridgehead atoms. The van der Waals surface area contributed by atoms with Crippen LogP contribution in [0.3, 0.4) is 0 Å². The monoisotopic (exact) mass is 271 g/mol. The molecule has 2 aromatic carbocycles. The van der Waals surface area contributed by atoms with Crippen LogP contribution in [0.15, 0.2) is 36.4 Å². The van der Waals surface area contributed by atoms with E-state index in [1.54, 1.807) is 7.11 Å². The maximum absolute atomic E-state index is 5.49. The lowest BCUT2D eigenvalue weighted by atomic mass is 9.89. The quantitative estimate of drug-likeness (QED) is 0.832. The normalized spacial score (nSPS) is 14.2. The third-order valence-corrected chi connectivity index (χ3v) is 4.11. The number of hydrogen-bond acceptors (Lipinski definition) is 2. The lowest BCUT2D eigenvalue weighted by molar-refractivity contribution is 0.385. The SMILES string of the molecule is CCNC(c1ccc(OC)c2ccccc12)C(C)CC. The highest BCUT2D eigenvalue weighted by atomic mass is 16.5. The molecule has 0 aromatic heterocycles. The fourth-order valence-corrected chi connectivity index (χ4v) is 2.82. The summed E-state index contributed by atoms with van der Waals surface area (Å²) in [7, 11) is 1.73. The van der Waals surface area contributed by atoms with Crippen LogP contribution in [-0.4, -0.2) is 13.7 Å². The van der Waals surface area contributed by atoms with Gasteiger partial charge in [-0.25, -0.2) is 0 Å². The van der Waals surface area contributed by atoms with Crippen molar-refractivity contribution in [3.8, 4) is 5.75 Å². The zero-order valence-corrected chi connectivity index (χ0v) is 12.9. The molecule has 2 nitrogen and oxygen atoms in total. The van der Waals surface area contributed by atoms with Gasteiger partial charge < -0.3 is 10.1 Å². The van der Waals surface area contributed by atoms with Crippen LogP contribution in [0.25, 0.3) is 10.8 Å².